The first-order chi connectivity index (χ1) is 25.6. The summed E-state index contributed by atoms with van der Waals surface area (Å²) in [6.45, 7) is -0.0733. The van der Waals surface area contributed by atoms with Gasteiger partial charge >= 0.3 is 7.12 Å². The lowest BCUT2D eigenvalue weighted by Gasteiger charge is -2.26. The van der Waals surface area contributed by atoms with Gasteiger partial charge < -0.3 is 33.6 Å². The number of nitrogens with zero attached hydrogens (tertiary/aromatic N) is 3. The van der Waals surface area contributed by atoms with Crippen molar-refractivity contribution in [2.24, 2.45) is 0 Å². The number of amides is 1. The number of ether oxygens (including phenoxy) is 1. The minimum Gasteiger partial charge on any atom is -0.760 e. The largest absolute Gasteiger partial charge is 0.760 e. The molecule has 0 aliphatic carbocycles. The molecule has 1 amide bonds. The Balaban J connectivity index is 1.31. The Kier molecular flexibility index (Phi) is 8.88. The van der Waals surface area contributed by atoms with Crippen molar-refractivity contribution in [2.45, 2.75) is 19.8 Å². The van der Waals surface area contributed by atoms with Gasteiger partial charge in [0.2, 0.25) is 0 Å². The Morgan fingerprint density at radius 3 is 2.49 bits per heavy atom. The number of furan rings is 1. The van der Waals surface area contributed by atoms with Crippen LogP contribution in [0.3, 0.4) is 0 Å². The van der Waals surface area contributed by atoms with Crippen LogP contribution in [0.5, 0.6) is 5.75 Å². The van der Waals surface area contributed by atoms with Crippen molar-refractivity contribution >= 4 is 51.6 Å². The smallest absolute Gasteiger partial charge is 0.488 e. The third-order valence-corrected chi connectivity index (χ3v) is 9.97. The molecule has 3 N–H and O–H groups in total. The normalized spacial score (nSPS) is 12.8. The van der Waals surface area contributed by atoms with Crippen molar-refractivity contribution in [2.75, 3.05) is 7.05 Å². The minimum atomic E-state index is -2.72. The standard InChI is InChI=1S/C38H29BF2N4O7S/c1-42-38(46)35-28-16-26(30-13-14-33-36(43-30)32-17-27-29(41)3-2-4-31(27)45(32)20-51-33)23(15-34(28)52-37(35)22-7-11-25(40)12-8-22)19-44(53(49)50)18-21-5-9-24(10-6-21)39(47)48/h2-17,47-48H,18-20H2,1H3,(H,42,46)(H,49,50)/p-1. The number of aromatic nitrogens is 2. The van der Waals surface area contributed by atoms with Crippen molar-refractivity contribution in [1.29, 1.82) is 0 Å². The number of carbonyl (C=O) groups is 1. The van der Waals surface area contributed by atoms with Crippen LogP contribution in [0.25, 0.3) is 55.8 Å². The Bertz CT molecular complexity index is 2580. The minimum absolute atomic E-state index is 0.0605. The summed E-state index contributed by atoms with van der Waals surface area (Å²) in [5.41, 5.74) is 4.82. The fraction of sp³-hybridized carbons (Fsp3) is 0.105. The molecule has 0 radical (unpaired) electrons. The number of fused-ring (bicyclic) bond motifs is 6. The van der Waals surface area contributed by atoms with Crippen LogP contribution in [0.4, 0.5) is 8.78 Å². The van der Waals surface area contributed by atoms with E-state index in [0.717, 1.165) is 0 Å². The molecule has 4 heterocycles. The maximum Gasteiger partial charge on any atom is 0.488 e. The maximum absolute atomic E-state index is 14.9. The van der Waals surface area contributed by atoms with E-state index in [0.29, 0.717) is 61.4 Å². The molecule has 1 atom stereocenters. The molecule has 0 spiro atoms. The lowest BCUT2D eigenvalue weighted by Crippen LogP contribution is -2.30. The van der Waals surface area contributed by atoms with Crippen molar-refractivity contribution in [3.8, 4) is 39.7 Å². The van der Waals surface area contributed by atoms with Gasteiger partial charge in [0.15, 0.2) is 6.73 Å². The molecule has 11 nitrogen and oxygen atoms in total. The third kappa shape index (κ3) is 6.28. The molecule has 53 heavy (non-hydrogen) atoms. The zero-order valence-electron chi connectivity index (χ0n) is 27.9. The van der Waals surface area contributed by atoms with E-state index in [4.69, 9.17) is 14.1 Å². The van der Waals surface area contributed by atoms with Crippen LogP contribution in [0, 0.1) is 11.6 Å². The Hall–Kier alpha value is -5.71. The van der Waals surface area contributed by atoms with Crippen LogP contribution in [-0.4, -0.2) is 52.7 Å². The first-order valence-electron chi connectivity index (χ1n) is 16.4. The van der Waals surface area contributed by atoms with Gasteiger partial charge in [-0.3, -0.25) is 9.00 Å². The first-order valence-corrected chi connectivity index (χ1v) is 17.4. The number of benzene rings is 4. The van der Waals surface area contributed by atoms with Gasteiger partial charge in [0.1, 0.15) is 34.4 Å². The van der Waals surface area contributed by atoms with Gasteiger partial charge in [-0.25, -0.2) is 18.1 Å². The molecule has 266 valence electrons. The monoisotopic (exact) mass is 733 g/mol. The Morgan fingerprint density at radius 2 is 1.77 bits per heavy atom. The molecule has 8 rings (SSSR count). The Morgan fingerprint density at radius 1 is 1.00 bits per heavy atom. The average molecular weight is 734 g/mol. The van der Waals surface area contributed by atoms with Gasteiger partial charge in [0.05, 0.1) is 22.5 Å². The highest BCUT2D eigenvalue weighted by Crippen LogP contribution is 2.42. The van der Waals surface area contributed by atoms with Crippen molar-refractivity contribution in [3.05, 3.63) is 125 Å². The quantitative estimate of drug-likeness (QED) is 0.135. The predicted octanol–water partition coefficient (Wildman–Crippen LogP) is 5.25. The summed E-state index contributed by atoms with van der Waals surface area (Å²) < 4.78 is 69.5. The summed E-state index contributed by atoms with van der Waals surface area (Å²) in [7, 11) is -0.196. The summed E-state index contributed by atoms with van der Waals surface area (Å²) in [6.07, 6.45) is 0. The van der Waals surface area contributed by atoms with Crippen LogP contribution in [0.15, 0.2) is 101 Å². The summed E-state index contributed by atoms with van der Waals surface area (Å²) in [6, 6.07) is 25.0. The number of rotatable bonds is 9. The van der Waals surface area contributed by atoms with E-state index in [1.54, 1.807) is 54.6 Å². The highest BCUT2D eigenvalue weighted by atomic mass is 32.2. The predicted molar refractivity (Wildman–Crippen MR) is 194 cm³/mol. The maximum atomic E-state index is 14.9. The van der Waals surface area contributed by atoms with Gasteiger partial charge in [-0.05, 0) is 83.3 Å². The molecule has 0 fully saturated rings. The van der Waals surface area contributed by atoms with E-state index >= 15 is 0 Å². The highest BCUT2D eigenvalue weighted by Gasteiger charge is 2.27. The zero-order chi connectivity index (χ0) is 37.0. The van der Waals surface area contributed by atoms with Gasteiger partial charge in [-0.15, -0.1) is 0 Å². The molecule has 1 aliphatic rings. The van der Waals surface area contributed by atoms with Gasteiger partial charge in [-0.2, -0.15) is 0 Å². The lowest BCUT2D eigenvalue weighted by molar-refractivity contribution is 0.0964. The fourth-order valence-corrected chi connectivity index (χ4v) is 7.17. The lowest BCUT2D eigenvalue weighted by atomic mass is 9.80. The summed E-state index contributed by atoms with van der Waals surface area (Å²) >= 11 is -2.72. The number of hydrogen-bond acceptors (Lipinski definition) is 8. The molecule has 15 heteroatoms. The van der Waals surface area contributed by atoms with Gasteiger partial charge in [0.25, 0.3) is 5.91 Å². The van der Waals surface area contributed by atoms with Crippen LogP contribution < -0.4 is 15.5 Å². The molecule has 0 saturated heterocycles. The number of carbonyl (C=O) groups excluding carboxylic acids is 1. The zero-order valence-corrected chi connectivity index (χ0v) is 28.7. The molecule has 3 aromatic heterocycles. The summed E-state index contributed by atoms with van der Waals surface area (Å²) in [5.74, 6) is -0.650. The molecule has 1 unspecified atom stereocenters. The molecule has 7 aromatic rings. The Labute approximate surface area is 303 Å². The average Bonchev–Trinajstić information content (AvgIpc) is 3.74. The second-order valence-electron chi connectivity index (χ2n) is 12.5. The molecule has 1 aliphatic heterocycles. The molecular formula is C38H28BF2N4O7S-. The molecule has 0 bridgehead atoms. The number of pyridine rings is 1. The third-order valence-electron chi connectivity index (χ3n) is 9.29. The van der Waals surface area contributed by atoms with Crippen LogP contribution >= 0.6 is 0 Å². The van der Waals surface area contributed by atoms with Crippen LogP contribution in [0.2, 0.25) is 0 Å². The number of nitrogens with one attached hydrogen (secondary N) is 1. The molecular weight excluding hydrogens is 705 g/mol. The van der Waals surface area contributed by atoms with Crippen LogP contribution in [-0.2, 0) is 31.1 Å². The van der Waals surface area contributed by atoms with Crippen molar-refractivity contribution < 1.29 is 41.5 Å². The van der Waals surface area contributed by atoms with E-state index in [-0.39, 0.29) is 48.0 Å². The summed E-state index contributed by atoms with van der Waals surface area (Å²) in [5, 5.41) is 22.5. The molecule has 0 saturated carbocycles. The van der Waals surface area contributed by atoms with Gasteiger partial charge in [0, 0.05) is 53.3 Å². The molecule has 4 aromatic carbocycles. The van der Waals surface area contributed by atoms with E-state index < -0.39 is 30.1 Å². The second-order valence-corrected chi connectivity index (χ2v) is 13.4. The topological polar surface area (TPSA) is 153 Å². The van der Waals surface area contributed by atoms with Gasteiger partial charge in [-0.1, -0.05) is 30.3 Å². The van der Waals surface area contributed by atoms with Crippen molar-refractivity contribution in [1.82, 2.24) is 19.2 Å². The summed E-state index contributed by atoms with van der Waals surface area (Å²) in [4.78, 5) is 18.4. The number of hydrogen-bond donors (Lipinski definition) is 3. The second kappa shape index (κ2) is 13.7. The number of halogens is 2. The first kappa shape index (κ1) is 34.4. The van der Waals surface area contributed by atoms with E-state index in [2.05, 4.69) is 5.32 Å². The van der Waals surface area contributed by atoms with Crippen LogP contribution in [0.1, 0.15) is 21.5 Å². The van der Waals surface area contributed by atoms with E-state index in [1.165, 1.54) is 53.8 Å². The van der Waals surface area contributed by atoms with Crippen molar-refractivity contribution in [3.63, 3.8) is 0 Å². The fourth-order valence-electron chi connectivity index (χ4n) is 6.67. The van der Waals surface area contributed by atoms with E-state index in [1.807, 2.05) is 4.57 Å². The SMILES string of the molecule is CNC(=O)c1c(-c2ccc(F)cc2)oc2cc(CN(Cc3ccc(B(O)O)cc3)S(=O)[O-])c(-c3ccc4c(n3)-c3cc5c(F)cccc5n3CO4)cc12. The highest BCUT2D eigenvalue weighted by molar-refractivity contribution is 7.76. The van der Waals surface area contributed by atoms with E-state index in [9.17, 15) is 32.4 Å².